The number of benzene rings is 1. The number of halogens is 1. The maximum atomic E-state index is 5.71. The number of hydrogen-bond acceptors (Lipinski definition) is 2. The number of fused-ring (bicyclic) bond motifs is 1. The highest BCUT2D eigenvalue weighted by Gasteiger charge is 1.97. The van der Waals surface area contributed by atoms with Gasteiger partial charge >= 0.3 is 0 Å². The second-order valence-corrected chi connectivity index (χ2v) is 3.45. The van der Waals surface area contributed by atoms with Crippen molar-refractivity contribution in [2.24, 2.45) is 0 Å². The van der Waals surface area contributed by atoms with Crippen LogP contribution in [0.1, 0.15) is 0 Å². The summed E-state index contributed by atoms with van der Waals surface area (Å²) in [5.41, 5.74) is 6.46. The monoisotopic (exact) mass is 222 g/mol. The molecule has 2 nitrogen and oxygen atoms in total. The maximum Gasteiger partial charge on any atom is 0.0465 e. The first-order valence-electron chi connectivity index (χ1n) is 3.56. The summed E-state index contributed by atoms with van der Waals surface area (Å²) < 4.78 is 0.932. The molecule has 0 aliphatic carbocycles. The average Bonchev–Trinajstić information content (AvgIpc) is 2.07. The van der Waals surface area contributed by atoms with Crippen LogP contribution in [0, 0.1) is 0 Å². The highest BCUT2D eigenvalue weighted by molar-refractivity contribution is 9.10. The summed E-state index contributed by atoms with van der Waals surface area (Å²) in [6.07, 6.45) is 3.57. The van der Waals surface area contributed by atoms with Crippen molar-refractivity contribution in [1.82, 2.24) is 4.98 Å². The highest BCUT2D eigenvalue weighted by Crippen LogP contribution is 2.25. The van der Waals surface area contributed by atoms with Gasteiger partial charge in [-0.15, -0.1) is 0 Å². The molecule has 0 aliphatic rings. The van der Waals surface area contributed by atoms with E-state index in [2.05, 4.69) is 20.9 Å². The lowest BCUT2D eigenvalue weighted by Crippen LogP contribution is -1.86. The van der Waals surface area contributed by atoms with Gasteiger partial charge in [-0.2, -0.15) is 0 Å². The lowest BCUT2D eigenvalue weighted by molar-refractivity contribution is 1.36. The third-order valence-electron chi connectivity index (χ3n) is 1.76. The van der Waals surface area contributed by atoms with Crippen LogP contribution in [0.3, 0.4) is 0 Å². The van der Waals surface area contributed by atoms with Crippen LogP contribution in [0.5, 0.6) is 0 Å². The molecule has 0 bridgehead atoms. The Morgan fingerprint density at radius 3 is 2.92 bits per heavy atom. The summed E-state index contributed by atoms with van der Waals surface area (Å²) >= 11 is 3.37. The predicted molar refractivity (Wildman–Crippen MR) is 53.9 cm³/mol. The van der Waals surface area contributed by atoms with Crippen LogP contribution in [0.4, 0.5) is 5.69 Å². The SMILES string of the molecule is Nc1cc2cnccc2cc1Br. The molecule has 0 amide bonds. The van der Waals surface area contributed by atoms with Crippen molar-refractivity contribution in [2.45, 2.75) is 0 Å². The lowest BCUT2D eigenvalue weighted by Gasteiger charge is -2.00. The van der Waals surface area contributed by atoms with Gasteiger partial charge in [0.2, 0.25) is 0 Å². The van der Waals surface area contributed by atoms with Gasteiger partial charge in [0.05, 0.1) is 0 Å². The number of nitrogen functional groups attached to an aromatic ring is 1. The highest BCUT2D eigenvalue weighted by atomic mass is 79.9. The van der Waals surface area contributed by atoms with E-state index < -0.39 is 0 Å². The molecule has 2 rings (SSSR count). The zero-order valence-electron chi connectivity index (χ0n) is 6.29. The molecule has 60 valence electrons. The molecule has 2 N–H and O–H groups in total. The van der Waals surface area contributed by atoms with Crippen LogP contribution in [-0.4, -0.2) is 4.98 Å². The summed E-state index contributed by atoms with van der Waals surface area (Å²) in [5, 5.41) is 2.21. The first kappa shape index (κ1) is 7.55. The molecule has 0 unspecified atom stereocenters. The Bertz CT molecular complexity index is 385. The largest absolute Gasteiger partial charge is 0.398 e. The molecule has 0 spiro atoms. The fourth-order valence-electron chi connectivity index (χ4n) is 1.13. The number of nitrogens with two attached hydrogens (primary N) is 1. The van der Waals surface area contributed by atoms with Crippen molar-refractivity contribution in [2.75, 3.05) is 5.73 Å². The topological polar surface area (TPSA) is 38.9 Å². The Balaban J connectivity index is 2.84. The minimum absolute atomic E-state index is 0.746. The number of hydrogen-bond donors (Lipinski definition) is 1. The van der Waals surface area contributed by atoms with Gasteiger partial charge in [0, 0.05) is 27.9 Å². The maximum absolute atomic E-state index is 5.71. The molecule has 1 heterocycles. The standard InChI is InChI=1S/C9H7BrN2/c10-8-3-6-1-2-12-5-7(6)4-9(8)11/h1-5H,11H2. The van der Waals surface area contributed by atoms with Crippen LogP contribution in [0.2, 0.25) is 0 Å². The van der Waals surface area contributed by atoms with E-state index in [1.807, 2.05) is 18.2 Å². The zero-order chi connectivity index (χ0) is 8.55. The van der Waals surface area contributed by atoms with E-state index in [-0.39, 0.29) is 0 Å². The quantitative estimate of drug-likeness (QED) is 0.697. The van der Waals surface area contributed by atoms with Gasteiger partial charge in [-0.05, 0) is 39.5 Å². The molecule has 0 saturated carbocycles. The smallest absolute Gasteiger partial charge is 0.0465 e. The van der Waals surface area contributed by atoms with Crippen molar-refractivity contribution in [1.29, 1.82) is 0 Å². The molecular weight excluding hydrogens is 216 g/mol. The van der Waals surface area contributed by atoms with Crippen LogP contribution < -0.4 is 5.73 Å². The average molecular weight is 223 g/mol. The van der Waals surface area contributed by atoms with Gasteiger partial charge < -0.3 is 5.73 Å². The van der Waals surface area contributed by atoms with E-state index in [1.165, 1.54) is 0 Å². The zero-order valence-corrected chi connectivity index (χ0v) is 7.88. The third-order valence-corrected chi connectivity index (χ3v) is 2.44. The minimum Gasteiger partial charge on any atom is -0.398 e. The molecule has 0 saturated heterocycles. The predicted octanol–water partition coefficient (Wildman–Crippen LogP) is 2.58. The number of pyridine rings is 1. The van der Waals surface area contributed by atoms with E-state index >= 15 is 0 Å². The number of rotatable bonds is 0. The minimum atomic E-state index is 0.746. The molecule has 0 radical (unpaired) electrons. The third kappa shape index (κ3) is 1.16. The molecule has 0 aliphatic heterocycles. The van der Waals surface area contributed by atoms with Crippen LogP contribution >= 0.6 is 15.9 Å². The Morgan fingerprint density at radius 1 is 1.25 bits per heavy atom. The fourth-order valence-corrected chi connectivity index (χ4v) is 1.49. The molecule has 3 heteroatoms. The first-order valence-corrected chi connectivity index (χ1v) is 4.35. The second kappa shape index (κ2) is 2.75. The van der Waals surface area contributed by atoms with Crippen LogP contribution in [0.15, 0.2) is 35.1 Å². The molecule has 0 atom stereocenters. The van der Waals surface area contributed by atoms with E-state index in [9.17, 15) is 0 Å². The normalized spacial score (nSPS) is 10.4. The van der Waals surface area contributed by atoms with Crippen molar-refractivity contribution < 1.29 is 0 Å². The van der Waals surface area contributed by atoms with E-state index in [0.29, 0.717) is 0 Å². The Kier molecular flexibility index (Phi) is 1.73. The van der Waals surface area contributed by atoms with Gasteiger partial charge in [-0.1, -0.05) is 0 Å². The van der Waals surface area contributed by atoms with Gasteiger partial charge in [0.15, 0.2) is 0 Å². The van der Waals surface area contributed by atoms with E-state index in [1.54, 1.807) is 12.4 Å². The molecule has 1 aromatic heterocycles. The van der Waals surface area contributed by atoms with E-state index in [4.69, 9.17) is 5.73 Å². The van der Waals surface area contributed by atoms with Crippen molar-refractivity contribution in [3.8, 4) is 0 Å². The summed E-state index contributed by atoms with van der Waals surface area (Å²) in [6.45, 7) is 0. The second-order valence-electron chi connectivity index (χ2n) is 2.60. The number of anilines is 1. The fraction of sp³-hybridized carbons (Fsp3) is 0. The Hall–Kier alpha value is -1.09. The van der Waals surface area contributed by atoms with Gasteiger partial charge in [0.1, 0.15) is 0 Å². The molecular formula is C9H7BrN2. The van der Waals surface area contributed by atoms with Crippen molar-refractivity contribution >= 4 is 32.4 Å². The summed E-state index contributed by atoms with van der Waals surface area (Å²) in [7, 11) is 0. The molecule has 0 fully saturated rings. The number of aromatic nitrogens is 1. The molecule has 1 aromatic carbocycles. The first-order chi connectivity index (χ1) is 5.77. The Labute approximate surface area is 78.5 Å². The number of nitrogens with zero attached hydrogens (tertiary/aromatic N) is 1. The van der Waals surface area contributed by atoms with Crippen LogP contribution in [-0.2, 0) is 0 Å². The molecule has 2 aromatic rings. The van der Waals surface area contributed by atoms with Crippen molar-refractivity contribution in [3.05, 3.63) is 35.1 Å². The van der Waals surface area contributed by atoms with Gasteiger partial charge in [-0.3, -0.25) is 4.98 Å². The Morgan fingerprint density at radius 2 is 2.08 bits per heavy atom. The van der Waals surface area contributed by atoms with Crippen LogP contribution in [0.25, 0.3) is 10.8 Å². The van der Waals surface area contributed by atoms with E-state index in [0.717, 1.165) is 20.9 Å². The molecule has 12 heavy (non-hydrogen) atoms. The lowest BCUT2D eigenvalue weighted by atomic mass is 10.2. The summed E-state index contributed by atoms with van der Waals surface area (Å²) in [5.74, 6) is 0. The van der Waals surface area contributed by atoms with Gasteiger partial charge in [0.25, 0.3) is 0 Å². The van der Waals surface area contributed by atoms with Crippen molar-refractivity contribution in [3.63, 3.8) is 0 Å². The summed E-state index contributed by atoms with van der Waals surface area (Å²) in [6, 6.07) is 5.86. The van der Waals surface area contributed by atoms with Gasteiger partial charge in [-0.25, -0.2) is 0 Å². The summed E-state index contributed by atoms with van der Waals surface area (Å²) in [4.78, 5) is 4.01.